The lowest BCUT2D eigenvalue weighted by Gasteiger charge is -2.35. The Balaban J connectivity index is 2.34. The second-order valence-electron chi connectivity index (χ2n) is 5.13. The monoisotopic (exact) mass is 318 g/mol. The van der Waals surface area contributed by atoms with Gasteiger partial charge in [0.05, 0.1) is 4.83 Å². The highest BCUT2D eigenvalue weighted by Gasteiger charge is 2.26. The maximum absolute atomic E-state index is 12.0. The van der Waals surface area contributed by atoms with Gasteiger partial charge in [0.2, 0.25) is 5.91 Å². The lowest BCUT2D eigenvalue weighted by atomic mass is 9.96. The summed E-state index contributed by atoms with van der Waals surface area (Å²) in [5, 5.41) is 0. The number of halogens is 1. The quantitative estimate of drug-likeness (QED) is 0.703. The number of piperidine rings is 1. The summed E-state index contributed by atoms with van der Waals surface area (Å²) in [7, 11) is 0. The Kier molecular flexibility index (Phi) is 7.23. The lowest BCUT2D eigenvalue weighted by molar-refractivity contribution is -0.131. The number of amides is 1. The van der Waals surface area contributed by atoms with Crippen LogP contribution in [0, 0.1) is 5.92 Å². The maximum atomic E-state index is 12.0. The molecule has 1 fully saturated rings. The first-order chi connectivity index (χ1) is 8.62. The van der Waals surface area contributed by atoms with Crippen molar-refractivity contribution in [2.75, 3.05) is 32.7 Å². The van der Waals surface area contributed by atoms with Gasteiger partial charge in [0.15, 0.2) is 0 Å². The van der Waals surface area contributed by atoms with Crippen molar-refractivity contribution in [1.82, 2.24) is 9.80 Å². The highest BCUT2D eigenvalue weighted by Crippen LogP contribution is 2.20. The molecule has 0 spiro atoms. The van der Waals surface area contributed by atoms with Gasteiger partial charge in [0.1, 0.15) is 0 Å². The van der Waals surface area contributed by atoms with Crippen LogP contribution in [0.4, 0.5) is 0 Å². The van der Waals surface area contributed by atoms with E-state index in [0.29, 0.717) is 0 Å². The molecule has 0 saturated carbocycles. The van der Waals surface area contributed by atoms with Crippen molar-refractivity contribution in [3.8, 4) is 0 Å². The molecule has 106 valence electrons. The van der Waals surface area contributed by atoms with Crippen LogP contribution < -0.4 is 0 Å². The van der Waals surface area contributed by atoms with Gasteiger partial charge in [-0.1, -0.05) is 36.7 Å². The molecule has 18 heavy (non-hydrogen) atoms. The van der Waals surface area contributed by atoms with Crippen LogP contribution in [-0.2, 0) is 4.79 Å². The molecule has 0 aromatic carbocycles. The third kappa shape index (κ3) is 4.54. The van der Waals surface area contributed by atoms with Crippen molar-refractivity contribution in [1.29, 1.82) is 0 Å². The molecule has 1 amide bonds. The molecule has 0 radical (unpaired) electrons. The van der Waals surface area contributed by atoms with Crippen LogP contribution >= 0.6 is 15.9 Å². The van der Waals surface area contributed by atoms with Gasteiger partial charge >= 0.3 is 0 Å². The number of alkyl halides is 1. The van der Waals surface area contributed by atoms with E-state index in [1.165, 1.54) is 6.54 Å². The van der Waals surface area contributed by atoms with E-state index >= 15 is 0 Å². The zero-order valence-corrected chi connectivity index (χ0v) is 13.6. The third-order valence-electron chi connectivity index (χ3n) is 3.96. The number of rotatable bonds is 6. The van der Waals surface area contributed by atoms with Crippen LogP contribution in [0.3, 0.4) is 0 Å². The zero-order chi connectivity index (χ0) is 13.5. The predicted octanol–water partition coefficient (Wildman–Crippen LogP) is 2.74. The van der Waals surface area contributed by atoms with Crippen molar-refractivity contribution in [2.45, 2.75) is 44.9 Å². The molecule has 4 heteroatoms. The molecule has 1 aliphatic heterocycles. The average Bonchev–Trinajstić information content (AvgIpc) is 2.43. The summed E-state index contributed by atoms with van der Waals surface area (Å²) in [4.78, 5) is 16.6. The molecule has 0 aromatic heterocycles. The molecule has 3 nitrogen and oxygen atoms in total. The van der Waals surface area contributed by atoms with E-state index in [9.17, 15) is 4.79 Å². The molecule has 1 saturated heterocycles. The SMILES string of the molecule is CCC(Br)C(=O)N1CCC(CN(CC)CC)CC1. The molecule has 0 N–H and O–H groups in total. The Labute approximate surface area is 120 Å². The standard InChI is InChI=1S/C14H27BrN2O/c1-4-13(15)14(18)17-9-7-12(8-10-17)11-16(5-2)6-3/h12-13H,4-11H2,1-3H3. The second-order valence-corrected chi connectivity index (χ2v) is 6.24. The van der Waals surface area contributed by atoms with Crippen LogP contribution in [-0.4, -0.2) is 53.3 Å². The number of likely N-dealkylation sites (tertiary alicyclic amines) is 1. The van der Waals surface area contributed by atoms with Gasteiger partial charge < -0.3 is 9.80 Å². The average molecular weight is 319 g/mol. The van der Waals surface area contributed by atoms with Gasteiger partial charge in [-0.25, -0.2) is 0 Å². The van der Waals surface area contributed by atoms with E-state index in [2.05, 4.69) is 34.7 Å². The lowest BCUT2D eigenvalue weighted by Crippen LogP contribution is -2.44. The molecule has 1 aliphatic rings. The minimum absolute atomic E-state index is 0.0110. The fourth-order valence-electron chi connectivity index (χ4n) is 2.56. The van der Waals surface area contributed by atoms with Gasteiger partial charge in [-0.15, -0.1) is 0 Å². The first-order valence-electron chi connectivity index (χ1n) is 7.27. The Morgan fingerprint density at radius 1 is 1.28 bits per heavy atom. The fraction of sp³-hybridized carbons (Fsp3) is 0.929. The highest BCUT2D eigenvalue weighted by atomic mass is 79.9. The minimum Gasteiger partial charge on any atom is -0.342 e. The smallest absolute Gasteiger partial charge is 0.236 e. The van der Waals surface area contributed by atoms with E-state index in [4.69, 9.17) is 0 Å². The first kappa shape index (κ1) is 16.0. The van der Waals surface area contributed by atoms with Crippen LogP contribution in [0.25, 0.3) is 0 Å². The van der Waals surface area contributed by atoms with Gasteiger partial charge in [0.25, 0.3) is 0 Å². The summed E-state index contributed by atoms with van der Waals surface area (Å²) in [5.41, 5.74) is 0. The zero-order valence-electron chi connectivity index (χ0n) is 12.0. The van der Waals surface area contributed by atoms with Crippen LogP contribution in [0.1, 0.15) is 40.0 Å². The molecular weight excluding hydrogens is 292 g/mol. The first-order valence-corrected chi connectivity index (χ1v) is 8.19. The molecule has 0 bridgehead atoms. The molecule has 1 unspecified atom stereocenters. The van der Waals surface area contributed by atoms with E-state index in [-0.39, 0.29) is 10.7 Å². The second kappa shape index (κ2) is 8.16. The normalized spacial score (nSPS) is 19.3. The molecule has 0 aromatic rings. The summed E-state index contributed by atoms with van der Waals surface area (Å²) >= 11 is 3.46. The number of carbonyl (C=O) groups excluding carboxylic acids is 1. The summed E-state index contributed by atoms with van der Waals surface area (Å²) in [6.45, 7) is 11.8. The van der Waals surface area contributed by atoms with Crippen molar-refractivity contribution < 1.29 is 4.79 Å². The van der Waals surface area contributed by atoms with Crippen LogP contribution in [0.5, 0.6) is 0 Å². The molecular formula is C14H27BrN2O. The number of hydrogen-bond acceptors (Lipinski definition) is 2. The van der Waals surface area contributed by atoms with Gasteiger partial charge in [-0.05, 0) is 38.3 Å². The van der Waals surface area contributed by atoms with E-state index in [1.807, 2.05) is 11.8 Å². The van der Waals surface area contributed by atoms with Crippen LogP contribution in [0.2, 0.25) is 0 Å². The van der Waals surface area contributed by atoms with Crippen molar-refractivity contribution in [2.24, 2.45) is 5.92 Å². The Bertz CT molecular complexity index is 248. The summed E-state index contributed by atoms with van der Waals surface area (Å²) in [6.07, 6.45) is 3.19. The summed E-state index contributed by atoms with van der Waals surface area (Å²) in [5.74, 6) is 1.04. The van der Waals surface area contributed by atoms with Gasteiger partial charge in [-0.2, -0.15) is 0 Å². The molecule has 1 atom stereocenters. The summed E-state index contributed by atoms with van der Waals surface area (Å²) < 4.78 is 0. The van der Waals surface area contributed by atoms with E-state index < -0.39 is 0 Å². The minimum atomic E-state index is 0.0110. The molecule has 1 rings (SSSR count). The third-order valence-corrected chi connectivity index (χ3v) is 5.00. The van der Waals surface area contributed by atoms with Crippen molar-refractivity contribution >= 4 is 21.8 Å². The van der Waals surface area contributed by atoms with Crippen LogP contribution in [0.15, 0.2) is 0 Å². The number of hydrogen-bond donors (Lipinski definition) is 0. The van der Waals surface area contributed by atoms with E-state index in [1.54, 1.807) is 0 Å². The maximum Gasteiger partial charge on any atom is 0.236 e. The fourth-order valence-corrected chi connectivity index (χ4v) is 2.85. The Morgan fingerprint density at radius 3 is 2.28 bits per heavy atom. The Morgan fingerprint density at radius 2 is 1.83 bits per heavy atom. The van der Waals surface area contributed by atoms with Crippen molar-refractivity contribution in [3.05, 3.63) is 0 Å². The van der Waals surface area contributed by atoms with Crippen molar-refractivity contribution in [3.63, 3.8) is 0 Å². The summed E-state index contributed by atoms with van der Waals surface area (Å²) in [6, 6.07) is 0. The number of nitrogens with zero attached hydrogens (tertiary/aromatic N) is 2. The van der Waals surface area contributed by atoms with Gasteiger partial charge in [0, 0.05) is 19.6 Å². The van der Waals surface area contributed by atoms with E-state index in [0.717, 1.165) is 51.4 Å². The molecule has 0 aliphatic carbocycles. The molecule has 1 heterocycles. The largest absolute Gasteiger partial charge is 0.342 e. The Hall–Kier alpha value is -0.0900. The topological polar surface area (TPSA) is 23.6 Å². The highest BCUT2D eigenvalue weighted by molar-refractivity contribution is 9.10. The predicted molar refractivity (Wildman–Crippen MR) is 80.1 cm³/mol. The van der Waals surface area contributed by atoms with Gasteiger partial charge in [-0.3, -0.25) is 4.79 Å². The number of carbonyl (C=O) groups is 1.